The van der Waals surface area contributed by atoms with E-state index in [-0.39, 0.29) is 24.3 Å². The summed E-state index contributed by atoms with van der Waals surface area (Å²) >= 11 is 3.18. The van der Waals surface area contributed by atoms with Crippen LogP contribution in [0.15, 0.2) is 41.8 Å². The predicted octanol–water partition coefficient (Wildman–Crippen LogP) is 3.54. The van der Waals surface area contributed by atoms with Crippen molar-refractivity contribution in [2.75, 3.05) is 16.8 Å². The largest absolute Gasteiger partial charge is 0.457 e. The van der Waals surface area contributed by atoms with Gasteiger partial charge in [0.2, 0.25) is 11.9 Å². The highest BCUT2D eigenvalue weighted by Crippen LogP contribution is 2.17. The number of aryl methyl sites for hydroxylation is 1. The van der Waals surface area contributed by atoms with Crippen LogP contribution in [0.1, 0.15) is 16.3 Å². The minimum Gasteiger partial charge on any atom is -0.457 e. The van der Waals surface area contributed by atoms with Gasteiger partial charge >= 0.3 is 5.97 Å². The highest BCUT2D eigenvalue weighted by molar-refractivity contribution is 7.99. The third-order valence-electron chi connectivity index (χ3n) is 3.41. The second kappa shape index (κ2) is 9.33. The molecule has 0 fully saturated rings. The average molecular weight is 402 g/mol. The van der Waals surface area contributed by atoms with E-state index in [9.17, 15) is 4.79 Å². The summed E-state index contributed by atoms with van der Waals surface area (Å²) in [6.07, 6.45) is 0. The van der Waals surface area contributed by atoms with Gasteiger partial charge in [-0.15, -0.1) is 23.1 Å². The number of nitrogens with zero attached hydrogens (tertiary/aromatic N) is 3. The maximum Gasteiger partial charge on any atom is 0.316 e. The Kier molecular flexibility index (Phi) is 6.61. The van der Waals surface area contributed by atoms with E-state index >= 15 is 0 Å². The molecule has 2 aromatic heterocycles. The fraction of sp³-hybridized carbons (Fsp3) is 0.222. The molecule has 0 aliphatic heterocycles. The monoisotopic (exact) mass is 401 g/mol. The summed E-state index contributed by atoms with van der Waals surface area (Å²) in [7, 11) is 0. The Hall–Kier alpha value is -2.65. The molecule has 9 heteroatoms. The molecule has 7 nitrogen and oxygen atoms in total. The summed E-state index contributed by atoms with van der Waals surface area (Å²) in [4.78, 5) is 25.4. The van der Waals surface area contributed by atoms with Gasteiger partial charge in [-0.25, -0.2) is 0 Å². The zero-order valence-electron chi connectivity index (χ0n) is 14.7. The van der Waals surface area contributed by atoms with Gasteiger partial charge in [0.25, 0.3) is 0 Å². The third-order valence-corrected chi connectivity index (χ3v) is 5.43. The summed E-state index contributed by atoms with van der Waals surface area (Å²) in [5.74, 6) is 1.42. The number of hydrogen-bond donors (Lipinski definition) is 2. The normalized spacial score (nSPS) is 10.6. The number of ether oxygens (including phenoxy) is 1. The lowest BCUT2D eigenvalue weighted by Crippen LogP contribution is -2.12. The van der Waals surface area contributed by atoms with Gasteiger partial charge < -0.3 is 15.8 Å². The van der Waals surface area contributed by atoms with Crippen LogP contribution in [-0.4, -0.2) is 26.7 Å². The Morgan fingerprint density at radius 1 is 1.22 bits per heavy atom. The molecular weight excluding hydrogens is 382 g/mol. The van der Waals surface area contributed by atoms with Gasteiger partial charge in [-0.3, -0.25) is 4.79 Å². The fourth-order valence-electron chi connectivity index (χ4n) is 2.14. The van der Waals surface area contributed by atoms with Crippen LogP contribution >= 0.6 is 23.1 Å². The molecule has 0 aliphatic carbocycles. The van der Waals surface area contributed by atoms with E-state index in [0.717, 1.165) is 17.0 Å². The van der Waals surface area contributed by atoms with Crippen molar-refractivity contribution in [3.63, 3.8) is 0 Å². The number of thiophene rings is 1. The number of esters is 1. The number of hydrogen-bond acceptors (Lipinski definition) is 9. The van der Waals surface area contributed by atoms with E-state index in [0.29, 0.717) is 11.8 Å². The van der Waals surface area contributed by atoms with E-state index in [1.54, 1.807) is 11.3 Å². The number of aromatic nitrogens is 3. The van der Waals surface area contributed by atoms with Gasteiger partial charge in [0, 0.05) is 16.3 Å². The topological polar surface area (TPSA) is 103 Å². The van der Waals surface area contributed by atoms with Crippen molar-refractivity contribution in [2.45, 2.75) is 19.3 Å². The standard InChI is InChI=1S/C18H19N5O2S2/c1-12-4-6-13(7-5-12)20-18-22-15(21-17(19)23-18)9-25-16(24)11-26-10-14-3-2-8-27-14/h2-8H,9-11H2,1H3,(H3,19,20,21,22,23). The molecule has 1 aromatic carbocycles. The molecule has 3 rings (SSSR count). The van der Waals surface area contributed by atoms with Crippen molar-refractivity contribution in [1.29, 1.82) is 0 Å². The fourth-order valence-corrected chi connectivity index (χ4v) is 3.80. The quantitative estimate of drug-likeness (QED) is 0.553. The zero-order valence-corrected chi connectivity index (χ0v) is 16.3. The molecule has 0 spiro atoms. The van der Waals surface area contributed by atoms with Crippen molar-refractivity contribution in [3.05, 3.63) is 58.0 Å². The molecule has 3 aromatic rings. The SMILES string of the molecule is Cc1ccc(Nc2nc(N)nc(COC(=O)CSCc3cccs3)n2)cc1. The van der Waals surface area contributed by atoms with Crippen LogP contribution in [-0.2, 0) is 21.9 Å². The first kappa shape index (κ1) is 19.1. The highest BCUT2D eigenvalue weighted by atomic mass is 32.2. The van der Waals surface area contributed by atoms with Crippen LogP contribution in [0, 0.1) is 6.92 Å². The Bertz CT molecular complexity index is 885. The molecule has 27 heavy (non-hydrogen) atoms. The molecule has 0 amide bonds. The molecule has 0 bridgehead atoms. The van der Waals surface area contributed by atoms with Crippen LogP contribution in [0.5, 0.6) is 0 Å². The number of anilines is 3. The van der Waals surface area contributed by atoms with Crippen LogP contribution in [0.25, 0.3) is 0 Å². The lowest BCUT2D eigenvalue weighted by atomic mass is 10.2. The van der Waals surface area contributed by atoms with E-state index in [2.05, 4.69) is 20.3 Å². The van der Waals surface area contributed by atoms with Gasteiger partial charge in [-0.05, 0) is 30.5 Å². The molecule has 0 atom stereocenters. The Morgan fingerprint density at radius 2 is 2.04 bits per heavy atom. The lowest BCUT2D eigenvalue weighted by molar-refractivity contribution is -0.141. The van der Waals surface area contributed by atoms with E-state index in [1.165, 1.54) is 16.6 Å². The van der Waals surface area contributed by atoms with Crippen LogP contribution in [0.2, 0.25) is 0 Å². The molecule has 3 N–H and O–H groups in total. The highest BCUT2D eigenvalue weighted by Gasteiger charge is 2.09. The Morgan fingerprint density at radius 3 is 2.78 bits per heavy atom. The summed E-state index contributed by atoms with van der Waals surface area (Å²) in [6.45, 7) is 1.96. The van der Waals surface area contributed by atoms with Crippen molar-refractivity contribution >= 4 is 46.7 Å². The zero-order chi connectivity index (χ0) is 19.1. The number of carbonyl (C=O) groups is 1. The number of nitrogens with one attached hydrogen (secondary N) is 1. The van der Waals surface area contributed by atoms with E-state index < -0.39 is 0 Å². The van der Waals surface area contributed by atoms with Gasteiger partial charge in [-0.1, -0.05) is 23.8 Å². The first-order chi connectivity index (χ1) is 13.1. The van der Waals surface area contributed by atoms with Gasteiger partial charge in [0.15, 0.2) is 12.4 Å². The van der Waals surface area contributed by atoms with Gasteiger partial charge in [0.05, 0.1) is 5.75 Å². The van der Waals surface area contributed by atoms with Crippen molar-refractivity contribution in [2.24, 2.45) is 0 Å². The molecule has 0 saturated heterocycles. The van der Waals surface area contributed by atoms with Gasteiger partial charge in [0.1, 0.15) is 0 Å². The number of benzene rings is 1. The third kappa shape index (κ3) is 6.22. The van der Waals surface area contributed by atoms with E-state index in [4.69, 9.17) is 10.5 Å². The molecular formula is C18H19N5O2S2. The smallest absolute Gasteiger partial charge is 0.316 e. The van der Waals surface area contributed by atoms with Crippen molar-refractivity contribution < 1.29 is 9.53 Å². The maximum absolute atomic E-state index is 11.9. The molecule has 0 aliphatic rings. The van der Waals surface area contributed by atoms with Crippen LogP contribution < -0.4 is 11.1 Å². The minimum atomic E-state index is -0.316. The number of nitrogen functional groups attached to an aromatic ring is 1. The second-order valence-corrected chi connectivity index (χ2v) is 7.68. The Labute approximate surface area is 165 Å². The lowest BCUT2D eigenvalue weighted by Gasteiger charge is -2.08. The summed E-state index contributed by atoms with van der Waals surface area (Å²) < 4.78 is 5.23. The molecule has 0 radical (unpaired) electrons. The van der Waals surface area contributed by atoms with Gasteiger partial charge in [-0.2, -0.15) is 15.0 Å². The molecule has 140 valence electrons. The van der Waals surface area contributed by atoms with Crippen LogP contribution in [0.3, 0.4) is 0 Å². The van der Waals surface area contributed by atoms with Crippen LogP contribution in [0.4, 0.5) is 17.6 Å². The van der Waals surface area contributed by atoms with E-state index in [1.807, 2.05) is 48.7 Å². The molecule has 2 heterocycles. The summed E-state index contributed by atoms with van der Waals surface area (Å²) in [6, 6.07) is 11.8. The molecule has 0 saturated carbocycles. The minimum absolute atomic E-state index is 0.0479. The Balaban J connectivity index is 1.51. The first-order valence-electron chi connectivity index (χ1n) is 8.18. The summed E-state index contributed by atoms with van der Waals surface area (Å²) in [5, 5.41) is 5.08. The predicted molar refractivity (Wildman–Crippen MR) is 109 cm³/mol. The maximum atomic E-state index is 11.9. The number of nitrogens with two attached hydrogens (primary N) is 1. The summed E-state index contributed by atoms with van der Waals surface area (Å²) in [5.41, 5.74) is 7.72. The average Bonchev–Trinajstić information content (AvgIpc) is 3.15. The first-order valence-corrected chi connectivity index (χ1v) is 10.2. The number of carbonyl (C=O) groups excluding carboxylic acids is 1. The van der Waals surface area contributed by atoms with Crippen molar-refractivity contribution in [3.8, 4) is 0 Å². The molecule has 0 unspecified atom stereocenters. The second-order valence-electron chi connectivity index (χ2n) is 5.66. The number of thioether (sulfide) groups is 1. The number of rotatable bonds is 8. The van der Waals surface area contributed by atoms with Crippen molar-refractivity contribution in [1.82, 2.24) is 15.0 Å².